The maximum absolute atomic E-state index is 13.8. The van der Waals surface area contributed by atoms with Gasteiger partial charge in [0.2, 0.25) is 5.88 Å². The van der Waals surface area contributed by atoms with Gasteiger partial charge in [-0.15, -0.1) is 0 Å². The van der Waals surface area contributed by atoms with Crippen LogP contribution in [0.25, 0.3) is 11.1 Å². The van der Waals surface area contributed by atoms with E-state index in [1.54, 1.807) is 19.9 Å². The van der Waals surface area contributed by atoms with Crippen molar-refractivity contribution < 1.29 is 14.2 Å². The molecular formula is C15H17FN2O3. The minimum absolute atomic E-state index is 0.00418. The van der Waals surface area contributed by atoms with E-state index in [0.29, 0.717) is 6.61 Å². The van der Waals surface area contributed by atoms with Gasteiger partial charge in [0.15, 0.2) is 0 Å². The summed E-state index contributed by atoms with van der Waals surface area (Å²) < 4.78 is 19.3. The van der Waals surface area contributed by atoms with Crippen LogP contribution in [-0.4, -0.2) is 21.7 Å². The van der Waals surface area contributed by atoms with Crippen LogP contribution in [0.3, 0.4) is 0 Å². The molecule has 0 spiro atoms. The number of benzene rings is 1. The number of aromatic hydroxyl groups is 1. The van der Waals surface area contributed by atoms with E-state index in [0.717, 1.165) is 0 Å². The fourth-order valence-corrected chi connectivity index (χ4v) is 2.08. The predicted octanol–water partition coefficient (Wildman–Crippen LogP) is 2.55. The fraction of sp³-hybridized carbons (Fsp3) is 0.333. The van der Waals surface area contributed by atoms with E-state index < -0.39 is 22.9 Å². The predicted molar refractivity (Wildman–Crippen MR) is 76.6 cm³/mol. The van der Waals surface area contributed by atoms with Gasteiger partial charge in [0.25, 0.3) is 5.56 Å². The second-order valence-electron chi connectivity index (χ2n) is 5.04. The summed E-state index contributed by atoms with van der Waals surface area (Å²) in [6.45, 7) is 5.67. The molecule has 1 aromatic heterocycles. The lowest BCUT2D eigenvalue weighted by Gasteiger charge is -2.23. The smallest absolute Gasteiger partial charge is 0.262 e. The number of hydrogen-bond acceptors (Lipinski definition) is 4. The molecule has 0 unspecified atom stereocenters. The lowest BCUT2D eigenvalue weighted by atomic mass is 10.1. The molecule has 5 nitrogen and oxygen atoms in total. The Morgan fingerprint density at radius 1 is 1.38 bits per heavy atom. The van der Waals surface area contributed by atoms with E-state index in [9.17, 15) is 14.3 Å². The Morgan fingerprint density at radius 2 is 2.05 bits per heavy atom. The largest absolute Gasteiger partial charge is 0.493 e. The Morgan fingerprint density at radius 3 is 2.62 bits per heavy atom. The fourth-order valence-electron chi connectivity index (χ4n) is 2.08. The van der Waals surface area contributed by atoms with Crippen LogP contribution in [-0.2, 0) is 10.3 Å². The standard InChI is InChI=1S/C15H17FN2O3/c1-4-21-15(2,3)14-17-12(19)11(13(20)18-14)9-7-5-6-8-10(9)16/h5-8H,4H2,1-3H3,(H2,17,18,19,20). The zero-order valence-electron chi connectivity index (χ0n) is 12.1. The summed E-state index contributed by atoms with van der Waals surface area (Å²) in [5.41, 5.74) is -1.66. The van der Waals surface area contributed by atoms with Crippen LogP contribution in [0, 0.1) is 5.82 Å². The summed E-state index contributed by atoms with van der Waals surface area (Å²) in [6.07, 6.45) is 0. The molecule has 0 saturated heterocycles. The molecule has 0 aliphatic rings. The highest BCUT2D eigenvalue weighted by molar-refractivity contribution is 5.67. The molecule has 0 fully saturated rings. The molecule has 2 N–H and O–H groups in total. The lowest BCUT2D eigenvalue weighted by Crippen LogP contribution is -2.28. The number of nitrogens with zero attached hydrogens (tertiary/aromatic N) is 1. The van der Waals surface area contributed by atoms with Gasteiger partial charge in [-0.05, 0) is 26.8 Å². The van der Waals surface area contributed by atoms with Gasteiger partial charge in [-0.3, -0.25) is 4.79 Å². The first-order chi connectivity index (χ1) is 9.86. The highest BCUT2D eigenvalue weighted by Gasteiger charge is 2.26. The SMILES string of the molecule is CCOC(C)(C)c1nc(O)c(-c2ccccc2F)c(=O)[nH]1. The number of aromatic nitrogens is 2. The summed E-state index contributed by atoms with van der Waals surface area (Å²) >= 11 is 0. The highest BCUT2D eigenvalue weighted by atomic mass is 19.1. The van der Waals surface area contributed by atoms with Gasteiger partial charge in [0, 0.05) is 12.2 Å². The van der Waals surface area contributed by atoms with Crippen molar-refractivity contribution in [2.75, 3.05) is 6.61 Å². The van der Waals surface area contributed by atoms with Gasteiger partial charge in [-0.2, -0.15) is 4.98 Å². The Balaban J connectivity index is 2.59. The molecule has 0 atom stereocenters. The molecule has 112 valence electrons. The number of halogens is 1. The van der Waals surface area contributed by atoms with Crippen LogP contribution in [0.1, 0.15) is 26.6 Å². The summed E-state index contributed by atoms with van der Waals surface area (Å²) in [7, 11) is 0. The quantitative estimate of drug-likeness (QED) is 0.908. The summed E-state index contributed by atoms with van der Waals surface area (Å²) in [5.74, 6) is -0.935. The molecule has 0 aliphatic carbocycles. The van der Waals surface area contributed by atoms with Crippen molar-refractivity contribution in [2.45, 2.75) is 26.4 Å². The monoisotopic (exact) mass is 292 g/mol. The Kier molecular flexibility index (Phi) is 4.09. The van der Waals surface area contributed by atoms with Gasteiger partial charge in [0.1, 0.15) is 22.8 Å². The first kappa shape index (κ1) is 15.2. The lowest BCUT2D eigenvalue weighted by molar-refractivity contribution is -0.0213. The van der Waals surface area contributed by atoms with E-state index in [1.165, 1.54) is 18.2 Å². The first-order valence-corrected chi connectivity index (χ1v) is 6.59. The van der Waals surface area contributed by atoms with Gasteiger partial charge in [0.05, 0.1) is 0 Å². The number of H-pyrrole nitrogens is 1. The molecule has 21 heavy (non-hydrogen) atoms. The Hall–Kier alpha value is -2.21. The van der Waals surface area contributed by atoms with E-state index in [-0.39, 0.29) is 17.0 Å². The topological polar surface area (TPSA) is 75.2 Å². The zero-order chi connectivity index (χ0) is 15.6. The second-order valence-corrected chi connectivity index (χ2v) is 5.04. The van der Waals surface area contributed by atoms with Crippen molar-refractivity contribution >= 4 is 0 Å². The minimum atomic E-state index is -0.862. The molecular weight excluding hydrogens is 275 g/mol. The number of ether oxygens (including phenoxy) is 1. The van der Waals surface area contributed by atoms with Crippen molar-refractivity contribution in [2.24, 2.45) is 0 Å². The van der Waals surface area contributed by atoms with Crippen LogP contribution in [0.15, 0.2) is 29.1 Å². The second kappa shape index (κ2) is 5.65. The molecule has 2 aromatic rings. The minimum Gasteiger partial charge on any atom is -0.493 e. The van der Waals surface area contributed by atoms with Gasteiger partial charge in [-0.25, -0.2) is 4.39 Å². The molecule has 1 aromatic carbocycles. The number of hydrogen-bond donors (Lipinski definition) is 2. The molecule has 0 saturated carbocycles. The normalized spacial score (nSPS) is 11.6. The van der Waals surface area contributed by atoms with E-state index in [4.69, 9.17) is 4.74 Å². The van der Waals surface area contributed by atoms with Gasteiger partial charge < -0.3 is 14.8 Å². The van der Waals surface area contributed by atoms with Crippen LogP contribution in [0.5, 0.6) is 5.88 Å². The third-order valence-corrected chi connectivity index (χ3v) is 3.12. The van der Waals surface area contributed by atoms with Gasteiger partial charge in [-0.1, -0.05) is 18.2 Å². The molecule has 0 amide bonds. The molecule has 1 heterocycles. The Bertz CT molecular complexity index is 710. The summed E-state index contributed by atoms with van der Waals surface area (Å²) in [4.78, 5) is 18.7. The third kappa shape index (κ3) is 2.95. The molecule has 0 bridgehead atoms. The highest BCUT2D eigenvalue weighted by Crippen LogP contribution is 2.28. The average Bonchev–Trinajstić information content (AvgIpc) is 2.40. The molecule has 6 heteroatoms. The maximum atomic E-state index is 13.8. The molecule has 0 aliphatic heterocycles. The number of rotatable bonds is 4. The molecule has 0 radical (unpaired) electrons. The van der Waals surface area contributed by atoms with Gasteiger partial charge >= 0.3 is 0 Å². The van der Waals surface area contributed by atoms with Crippen molar-refractivity contribution in [1.82, 2.24) is 9.97 Å². The summed E-state index contributed by atoms with van der Waals surface area (Å²) in [5, 5.41) is 10.0. The van der Waals surface area contributed by atoms with Crippen molar-refractivity contribution in [3.05, 3.63) is 46.3 Å². The van der Waals surface area contributed by atoms with Crippen molar-refractivity contribution in [3.63, 3.8) is 0 Å². The van der Waals surface area contributed by atoms with Crippen molar-refractivity contribution in [3.8, 4) is 17.0 Å². The van der Waals surface area contributed by atoms with E-state index >= 15 is 0 Å². The van der Waals surface area contributed by atoms with Crippen LogP contribution >= 0.6 is 0 Å². The first-order valence-electron chi connectivity index (χ1n) is 6.59. The van der Waals surface area contributed by atoms with E-state index in [1.807, 2.05) is 6.92 Å². The van der Waals surface area contributed by atoms with Crippen LogP contribution < -0.4 is 5.56 Å². The Labute approximate surface area is 121 Å². The number of nitrogens with one attached hydrogen (secondary N) is 1. The van der Waals surface area contributed by atoms with E-state index in [2.05, 4.69) is 9.97 Å². The molecule has 2 rings (SSSR count). The summed E-state index contributed by atoms with van der Waals surface area (Å²) in [6, 6.07) is 5.71. The van der Waals surface area contributed by atoms with Crippen LogP contribution in [0.4, 0.5) is 4.39 Å². The maximum Gasteiger partial charge on any atom is 0.262 e. The van der Waals surface area contributed by atoms with Crippen LogP contribution in [0.2, 0.25) is 0 Å². The van der Waals surface area contributed by atoms with Crippen molar-refractivity contribution in [1.29, 1.82) is 0 Å². The third-order valence-electron chi connectivity index (χ3n) is 3.12. The number of aromatic amines is 1. The average molecular weight is 292 g/mol. The zero-order valence-corrected chi connectivity index (χ0v) is 12.1.